The Balaban J connectivity index is 2.09. The standard InChI is InChI=1S/C12H8FN3O3/c1-6-2-7(13)3-8-10(6)16(12(18)11(8)17)4-9-14-5-19-15-9/h2-3,5H,4H2,1H3. The number of hydrogen-bond acceptors (Lipinski definition) is 5. The molecule has 1 aliphatic heterocycles. The smallest absolute Gasteiger partial charge is 0.299 e. The molecule has 1 aromatic carbocycles. The van der Waals surface area contributed by atoms with E-state index in [2.05, 4.69) is 14.7 Å². The quantitative estimate of drug-likeness (QED) is 0.760. The number of Topliss-reactive ketones (excluding diaryl/α,β-unsaturated/α-hetero) is 1. The van der Waals surface area contributed by atoms with Crippen molar-refractivity contribution >= 4 is 17.4 Å². The molecule has 1 amide bonds. The molecule has 2 heterocycles. The van der Waals surface area contributed by atoms with Crippen LogP contribution < -0.4 is 4.90 Å². The Kier molecular flexibility index (Phi) is 2.41. The molecule has 0 bridgehead atoms. The topological polar surface area (TPSA) is 76.3 Å². The number of nitrogens with zero attached hydrogens (tertiary/aromatic N) is 3. The number of anilines is 1. The predicted molar refractivity (Wildman–Crippen MR) is 61.0 cm³/mol. The third-order valence-electron chi connectivity index (χ3n) is 2.93. The summed E-state index contributed by atoms with van der Waals surface area (Å²) in [6, 6.07) is 2.34. The van der Waals surface area contributed by atoms with Gasteiger partial charge in [0.2, 0.25) is 6.39 Å². The first-order valence-electron chi connectivity index (χ1n) is 5.49. The molecule has 1 aromatic heterocycles. The summed E-state index contributed by atoms with van der Waals surface area (Å²) in [4.78, 5) is 28.8. The molecule has 0 N–H and O–H groups in total. The number of amides is 1. The second kappa shape index (κ2) is 3.98. The van der Waals surface area contributed by atoms with Crippen molar-refractivity contribution in [1.82, 2.24) is 10.1 Å². The normalized spacial score (nSPS) is 14.1. The summed E-state index contributed by atoms with van der Waals surface area (Å²) in [5, 5.41) is 3.59. The first-order chi connectivity index (χ1) is 9.08. The Morgan fingerprint density at radius 2 is 2.16 bits per heavy atom. The molecule has 0 spiro atoms. The lowest BCUT2D eigenvalue weighted by molar-refractivity contribution is -0.114. The molecule has 0 unspecified atom stereocenters. The van der Waals surface area contributed by atoms with Gasteiger partial charge in [0, 0.05) is 0 Å². The van der Waals surface area contributed by atoms with Gasteiger partial charge in [-0.1, -0.05) is 5.16 Å². The van der Waals surface area contributed by atoms with Crippen LogP contribution in [0.3, 0.4) is 0 Å². The number of benzene rings is 1. The van der Waals surface area contributed by atoms with Crippen molar-refractivity contribution < 1.29 is 18.5 Å². The van der Waals surface area contributed by atoms with Gasteiger partial charge in [-0.3, -0.25) is 14.5 Å². The number of carbonyl (C=O) groups is 2. The fraction of sp³-hybridized carbons (Fsp3) is 0.167. The first kappa shape index (κ1) is 11.5. The molecule has 6 nitrogen and oxygen atoms in total. The van der Waals surface area contributed by atoms with E-state index in [1.807, 2.05) is 0 Å². The van der Waals surface area contributed by atoms with E-state index in [4.69, 9.17) is 0 Å². The molecule has 0 radical (unpaired) electrons. The summed E-state index contributed by atoms with van der Waals surface area (Å²) in [7, 11) is 0. The summed E-state index contributed by atoms with van der Waals surface area (Å²) < 4.78 is 17.9. The third kappa shape index (κ3) is 1.70. The minimum atomic E-state index is -0.721. The average molecular weight is 261 g/mol. The minimum absolute atomic E-state index is 0.0144. The van der Waals surface area contributed by atoms with Crippen molar-refractivity contribution in [2.75, 3.05) is 4.90 Å². The molecule has 0 saturated heterocycles. The molecule has 19 heavy (non-hydrogen) atoms. The van der Waals surface area contributed by atoms with Gasteiger partial charge in [0.15, 0.2) is 5.82 Å². The van der Waals surface area contributed by atoms with Crippen LogP contribution in [0.1, 0.15) is 21.7 Å². The SMILES string of the molecule is Cc1cc(F)cc2c1N(Cc1ncon1)C(=O)C2=O. The summed E-state index contributed by atoms with van der Waals surface area (Å²) in [5.41, 5.74) is 0.991. The second-order valence-electron chi connectivity index (χ2n) is 4.19. The second-order valence-corrected chi connectivity index (χ2v) is 4.19. The molecule has 0 aliphatic carbocycles. The zero-order valence-corrected chi connectivity index (χ0v) is 9.88. The van der Waals surface area contributed by atoms with Crippen LogP contribution in [0.2, 0.25) is 0 Å². The Bertz CT molecular complexity index is 682. The highest BCUT2D eigenvalue weighted by atomic mass is 19.1. The lowest BCUT2D eigenvalue weighted by Gasteiger charge is -2.16. The zero-order valence-electron chi connectivity index (χ0n) is 9.88. The van der Waals surface area contributed by atoms with Gasteiger partial charge in [0.25, 0.3) is 11.7 Å². The molecular formula is C12H8FN3O3. The van der Waals surface area contributed by atoms with Gasteiger partial charge in [-0.05, 0) is 24.6 Å². The fourth-order valence-electron chi connectivity index (χ4n) is 2.16. The van der Waals surface area contributed by atoms with Crippen LogP contribution in [-0.4, -0.2) is 21.8 Å². The van der Waals surface area contributed by atoms with Crippen LogP contribution in [-0.2, 0) is 11.3 Å². The maximum atomic E-state index is 13.3. The first-order valence-corrected chi connectivity index (χ1v) is 5.49. The Morgan fingerprint density at radius 3 is 2.84 bits per heavy atom. The van der Waals surface area contributed by atoms with E-state index in [-0.39, 0.29) is 17.9 Å². The minimum Gasteiger partial charge on any atom is -0.343 e. The summed E-state index contributed by atoms with van der Waals surface area (Å²) in [5.74, 6) is -1.70. The van der Waals surface area contributed by atoms with Crippen LogP contribution in [0.25, 0.3) is 0 Å². The van der Waals surface area contributed by atoms with E-state index in [1.165, 1.54) is 11.0 Å². The fourth-order valence-corrected chi connectivity index (χ4v) is 2.16. The van der Waals surface area contributed by atoms with Gasteiger partial charge < -0.3 is 4.52 Å². The molecule has 96 valence electrons. The summed E-state index contributed by atoms with van der Waals surface area (Å²) in [6.07, 6.45) is 1.14. The number of ketones is 1. The molecule has 2 aromatic rings. The van der Waals surface area contributed by atoms with Crippen LogP contribution in [0.4, 0.5) is 10.1 Å². The molecule has 3 rings (SSSR count). The van der Waals surface area contributed by atoms with Crippen LogP contribution in [0.5, 0.6) is 0 Å². The lowest BCUT2D eigenvalue weighted by atomic mass is 10.1. The Labute approximate surface area is 106 Å². The van der Waals surface area contributed by atoms with E-state index in [9.17, 15) is 14.0 Å². The van der Waals surface area contributed by atoms with E-state index in [1.54, 1.807) is 6.92 Å². The average Bonchev–Trinajstić information content (AvgIpc) is 2.93. The number of aromatic nitrogens is 2. The Morgan fingerprint density at radius 1 is 1.37 bits per heavy atom. The largest absolute Gasteiger partial charge is 0.343 e. The highest BCUT2D eigenvalue weighted by Crippen LogP contribution is 2.33. The van der Waals surface area contributed by atoms with E-state index >= 15 is 0 Å². The van der Waals surface area contributed by atoms with Crippen molar-refractivity contribution in [1.29, 1.82) is 0 Å². The summed E-state index contributed by atoms with van der Waals surface area (Å²) in [6.45, 7) is 1.65. The Hall–Kier alpha value is -2.57. The number of fused-ring (bicyclic) bond motifs is 1. The van der Waals surface area contributed by atoms with Crippen molar-refractivity contribution in [2.24, 2.45) is 0 Å². The van der Waals surface area contributed by atoms with Crippen LogP contribution in [0, 0.1) is 12.7 Å². The van der Waals surface area contributed by atoms with Gasteiger partial charge >= 0.3 is 0 Å². The van der Waals surface area contributed by atoms with Gasteiger partial charge in [0.1, 0.15) is 5.82 Å². The van der Waals surface area contributed by atoms with Gasteiger partial charge in [-0.15, -0.1) is 0 Å². The van der Waals surface area contributed by atoms with E-state index < -0.39 is 17.5 Å². The van der Waals surface area contributed by atoms with E-state index in [0.29, 0.717) is 11.3 Å². The van der Waals surface area contributed by atoms with Gasteiger partial charge in [-0.2, -0.15) is 4.98 Å². The van der Waals surface area contributed by atoms with Gasteiger partial charge in [0.05, 0.1) is 17.8 Å². The lowest BCUT2D eigenvalue weighted by Crippen LogP contribution is -2.29. The maximum absolute atomic E-state index is 13.3. The molecule has 0 saturated carbocycles. The molecule has 0 atom stereocenters. The molecular weight excluding hydrogens is 253 g/mol. The number of aryl methyl sites for hydroxylation is 1. The molecule has 0 fully saturated rings. The highest BCUT2D eigenvalue weighted by molar-refractivity contribution is 6.52. The summed E-state index contributed by atoms with van der Waals surface area (Å²) >= 11 is 0. The van der Waals surface area contributed by atoms with Crippen molar-refractivity contribution in [2.45, 2.75) is 13.5 Å². The van der Waals surface area contributed by atoms with Gasteiger partial charge in [-0.25, -0.2) is 4.39 Å². The van der Waals surface area contributed by atoms with Crippen molar-refractivity contribution in [3.63, 3.8) is 0 Å². The zero-order chi connectivity index (χ0) is 13.6. The number of carbonyl (C=O) groups excluding carboxylic acids is 2. The van der Waals surface area contributed by atoms with E-state index in [0.717, 1.165) is 12.5 Å². The van der Waals surface area contributed by atoms with Crippen LogP contribution in [0.15, 0.2) is 23.0 Å². The highest BCUT2D eigenvalue weighted by Gasteiger charge is 2.38. The number of halogens is 1. The third-order valence-corrected chi connectivity index (χ3v) is 2.93. The monoisotopic (exact) mass is 261 g/mol. The molecule has 7 heteroatoms. The van der Waals surface area contributed by atoms with Crippen LogP contribution >= 0.6 is 0 Å². The number of hydrogen-bond donors (Lipinski definition) is 0. The van der Waals surface area contributed by atoms with Crippen molar-refractivity contribution in [3.05, 3.63) is 41.3 Å². The van der Waals surface area contributed by atoms with Crippen molar-refractivity contribution in [3.8, 4) is 0 Å². The molecule has 1 aliphatic rings. The predicted octanol–water partition coefficient (Wildman–Crippen LogP) is 1.25. The number of rotatable bonds is 2. The maximum Gasteiger partial charge on any atom is 0.299 e.